The molecule has 2 fully saturated rings. The van der Waals surface area contributed by atoms with Crippen LogP contribution in [0.5, 0.6) is 0 Å². The molecule has 0 aliphatic carbocycles. The fraction of sp³-hybridized carbons (Fsp3) is 0.700. The van der Waals surface area contributed by atoms with Crippen LogP contribution >= 0.6 is 7.82 Å². The summed E-state index contributed by atoms with van der Waals surface area (Å²) >= 11 is 0. The monoisotopic (exact) mass is 1030 g/mol. The number of carbonyl (C=O) groups is 2. The lowest BCUT2D eigenvalue weighted by Crippen LogP contribution is -2.58. The molecule has 404 valence electrons. The molecular formula is C50H83N4O16P. The van der Waals surface area contributed by atoms with Gasteiger partial charge in [0.05, 0.1) is 43.2 Å². The van der Waals surface area contributed by atoms with Gasteiger partial charge in [0.1, 0.15) is 30.3 Å². The summed E-state index contributed by atoms with van der Waals surface area (Å²) in [6.45, 7) is 16.4. The van der Waals surface area contributed by atoms with Crippen molar-refractivity contribution >= 4 is 25.7 Å². The van der Waals surface area contributed by atoms with Crippen LogP contribution in [0.15, 0.2) is 63.9 Å². The second-order valence-electron chi connectivity index (χ2n) is 20.1. The summed E-state index contributed by atoms with van der Waals surface area (Å²) in [6.07, 6.45) is 3.69. The minimum atomic E-state index is -5.16. The Bertz CT molecular complexity index is 2080. The zero-order valence-corrected chi connectivity index (χ0v) is 44.6. The van der Waals surface area contributed by atoms with Crippen molar-refractivity contribution in [3.8, 4) is 0 Å². The van der Waals surface area contributed by atoms with Crippen molar-refractivity contribution in [3.05, 3.63) is 71.0 Å². The van der Waals surface area contributed by atoms with Gasteiger partial charge in [0.2, 0.25) is 5.91 Å². The first-order chi connectivity index (χ1) is 33.0. The molecule has 71 heavy (non-hydrogen) atoms. The molecule has 1 spiro atoms. The Morgan fingerprint density at radius 2 is 1.72 bits per heavy atom. The normalized spacial score (nSPS) is 27.5. The number of aliphatic hydroxyl groups is 5. The van der Waals surface area contributed by atoms with Gasteiger partial charge >= 0.3 is 7.82 Å². The van der Waals surface area contributed by atoms with E-state index in [0.717, 1.165) is 11.1 Å². The number of phosphoric ester groups is 1. The molecule has 0 unspecified atom stereocenters. The van der Waals surface area contributed by atoms with Crippen LogP contribution in [0.1, 0.15) is 105 Å². The van der Waals surface area contributed by atoms with Gasteiger partial charge in [0.25, 0.3) is 5.91 Å². The van der Waals surface area contributed by atoms with Gasteiger partial charge < -0.3 is 74.6 Å². The molecule has 2 saturated heterocycles. The van der Waals surface area contributed by atoms with Crippen molar-refractivity contribution in [2.45, 2.75) is 161 Å². The van der Waals surface area contributed by atoms with Gasteiger partial charge in [0.15, 0.2) is 17.8 Å². The summed E-state index contributed by atoms with van der Waals surface area (Å²) in [5, 5.41) is 58.3. The fourth-order valence-electron chi connectivity index (χ4n) is 9.09. The minimum Gasteiger partial charge on any atom is -0.448 e. The Morgan fingerprint density at radius 1 is 1.06 bits per heavy atom. The van der Waals surface area contributed by atoms with Crippen molar-refractivity contribution in [1.29, 1.82) is 0 Å². The van der Waals surface area contributed by atoms with E-state index >= 15 is 0 Å². The summed E-state index contributed by atoms with van der Waals surface area (Å²) in [4.78, 5) is 50.4. The van der Waals surface area contributed by atoms with Gasteiger partial charge in [-0.3, -0.25) is 14.1 Å². The highest BCUT2D eigenvalue weighted by Gasteiger charge is 2.68. The largest absolute Gasteiger partial charge is 0.469 e. The average molecular weight is 1030 g/mol. The van der Waals surface area contributed by atoms with Crippen LogP contribution < -0.4 is 11.1 Å². The Morgan fingerprint density at radius 3 is 2.31 bits per heavy atom. The van der Waals surface area contributed by atoms with Gasteiger partial charge in [0, 0.05) is 68.8 Å². The van der Waals surface area contributed by atoms with Gasteiger partial charge in [-0.05, 0) is 64.9 Å². The molecule has 15 atom stereocenters. The molecule has 10 N–H and O–H groups in total. The van der Waals surface area contributed by atoms with E-state index in [-0.39, 0.29) is 38.3 Å². The van der Waals surface area contributed by atoms with Gasteiger partial charge in [-0.2, -0.15) is 0 Å². The highest BCUT2D eigenvalue weighted by molar-refractivity contribution is 7.46. The molecule has 0 aromatic carbocycles. The predicted molar refractivity (Wildman–Crippen MR) is 266 cm³/mol. The number of nitrogens with two attached hydrogens (primary N) is 1. The number of allylic oxidation sites excluding steroid dienone is 6. The fourth-order valence-corrected chi connectivity index (χ4v) is 9.77. The van der Waals surface area contributed by atoms with E-state index in [9.17, 15) is 49.5 Å². The van der Waals surface area contributed by atoms with Crippen LogP contribution in [0.25, 0.3) is 6.08 Å². The van der Waals surface area contributed by atoms with E-state index in [4.69, 9.17) is 33.6 Å². The standard InChI is InChI=1S/C50H83N4O16P/c1-28(22-41(51)57)16-14-17-29(2)31(4)23-32(5)42(58)34(7)37(55)24-40(66-13)45-46(70-71(62,63)64)49(8,9)50(69-45)25-38(56)33(6)39(68-50)19-15-18-35-26-67-48(53-35)30(3)20-21-52-47(61)44(60)43(59)36(27-65-12)54(10)11/h14-18,22-23,26,30,32-34,36-40,42-46,55-56,58-60H,19-21,24-25,27H2,1-13H3,(H2,51,57)(H,52,61)(H2,62,63,64)/t30-,32+,33-,34-,36-,37-,38+,39-,40-,42+,43-,44-,45+,46-,50+/m0/s1. The van der Waals surface area contributed by atoms with E-state index < -0.39 is 110 Å². The number of amides is 2. The minimum absolute atomic E-state index is 0.0709. The van der Waals surface area contributed by atoms with Gasteiger partial charge in [-0.1, -0.05) is 77.5 Å². The molecule has 0 bridgehead atoms. The molecule has 2 amide bonds. The third-order valence-corrected chi connectivity index (χ3v) is 14.6. The summed E-state index contributed by atoms with van der Waals surface area (Å²) in [7, 11) is 1.10. The van der Waals surface area contributed by atoms with Gasteiger partial charge in [-0.25, -0.2) is 9.55 Å². The third kappa shape index (κ3) is 17.0. The number of hydrogen-bond donors (Lipinski definition) is 9. The third-order valence-electron chi connectivity index (χ3n) is 14.1. The van der Waals surface area contributed by atoms with Crippen LogP contribution in [-0.4, -0.2) is 165 Å². The predicted octanol–water partition coefficient (Wildman–Crippen LogP) is 3.65. The Labute approximate surface area is 419 Å². The second kappa shape index (κ2) is 27.2. The molecule has 3 heterocycles. The smallest absolute Gasteiger partial charge is 0.448 e. The number of primary amides is 1. The van der Waals surface area contributed by atoms with E-state index in [1.165, 1.54) is 26.6 Å². The summed E-state index contributed by atoms with van der Waals surface area (Å²) < 4.78 is 48.2. The molecule has 20 nitrogen and oxygen atoms in total. The summed E-state index contributed by atoms with van der Waals surface area (Å²) in [5.74, 6) is -4.23. The van der Waals surface area contributed by atoms with Crippen LogP contribution in [0, 0.1) is 23.2 Å². The number of carbonyl (C=O) groups excluding carboxylic acids is 2. The number of aromatic nitrogens is 1. The molecule has 2 aliphatic heterocycles. The number of ether oxygens (including phenoxy) is 4. The molecular weight excluding hydrogens is 944 g/mol. The first kappa shape index (κ1) is 61.9. The van der Waals surface area contributed by atoms with Crippen molar-refractivity contribution in [2.75, 3.05) is 41.5 Å². The molecule has 3 rings (SSSR count). The van der Waals surface area contributed by atoms with E-state index in [0.29, 0.717) is 23.6 Å². The van der Waals surface area contributed by atoms with Crippen LogP contribution in [0.4, 0.5) is 0 Å². The van der Waals surface area contributed by atoms with Crippen LogP contribution in [-0.2, 0) is 37.6 Å². The number of oxazole rings is 1. The lowest BCUT2D eigenvalue weighted by molar-refractivity contribution is -0.334. The number of nitrogens with one attached hydrogen (secondary N) is 1. The lowest BCUT2D eigenvalue weighted by Gasteiger charge is -2.50. The molecule has 2 aliphatic rings. The molecule has 1 aromatic rings. The van der Waals surface area contributed by atoms with Crippen molar-refractivity contribution < 1.29 is 77.4 Å². The number of likely N-dealkylation sites (N-methyl/N-ethyl adjacent to an activating group) is 1. The number of rotatable bonds is 27. The van der Waals surface area contributed by atoms with Crippen molar-refractivity contribution in [2.24, 2.45) is 28.9 Å². The highest BCUT2D eigenvalue weighted by atomic mass is 31.2. The van der Waals surface area contributed by atoms with Crippen molar-refractivity contribution in [3.63, 3.8) is 0 Å². The van der Waals surface area contributed by atoms with E-state index in [2.05, 4.69) is 10.3 Å². The molecule has 1 aromatic heterocycles. The number of hydrogen-bond acceptors (Lipinski definition) is 16. The summed E-state index contributed by atoms with van der Waals surface area (Å²) in [5.41, 5.74) is 6.90. The highest BCUT2D eigenvalue weighted by Crippen LogP contribution is 2.59. The lowest BCUT2D eigenvalue weighted by atomic mass is 9.72. The van der Waals surface area contributed by atoms with Crippen LogP contribution in [0.3, 0.4) is 0 Å². The SMILES string of the molecule is COC[C@@H]([C@H](O)[C@H](O)C(=O)NCC[C@H](C)c1nc(C=CC[C@@H]2O[C@]3(C[C@@H](O)[C@@H]2C)O[C@H]([C@H](C[C@H](O)[C@H](C)[C@H](O)[C@H](C)C=C(C)C(C)=CC=CC(C)=CC(N)=O)OC)[C@H](OP(=O)(O)O)C3(C)C)co1)N(C)C. The maximum atomic E-state index is 12.6. The number of phosphoric acid groups is 1. The first-order valence-corrected chi connectivity index (χ1v) is 25.6. The van der Waals surface area contributed by atoms with E-state index in [1.54, 1.807) is 71.0 Å². The average Bonchev–Trinajstić information content (AvgIpc) is 3.83. The molecule has 0 radical (unpaired) electrons. The zero-order valence-electron chi connectivity index (χ0n) is 43.7. The zero-order chi connectivity index (χ0) is 53.8. The Hall–Kier alpha value is -3.44. The first-order valence-electron chi connectivity index (χ1n) is 24.1. The maximum absolute atomic E-state index is 12.6. The van der Waals surface area contributed by atoms with Crippen LogP contribution in [0.2, 0.25) is 0 Å². The Kier molecular flexibility index (Phi) is 23.7. The number of nitrogens with zero attached hydrogens (tertiary/aromatic N) is 2. The van der Waals surface area contributed by atoms with Crippen molar-refractivity contribution in [1.82, 2.24) is 15.2 Å². The number of aliphatic hydroxyl groups excluding tert-OH is 5. The van der Waals surface area contributed by atoms with E-state index in [1.807, 2.05) is 46.8 Å². The quantitative estimate of drug-likeness (QED) is 0.0345. The molecule has 0 saturated carbocycles. The topological polar surface area (TPSA) is 306 Å². The summed E-state index contributed by atoms with van der Waals surface area (Å²) in [6, 6.07) is -0.597. The Balaban J connectivity index is 1.74. The van der Waals surface area contributed by atoms with Gasteiger partial charge in [-0.15, -0.1) is 0 Å². The second-order valence-corrected chi connectivity index (χ2v) is 21.3. The number of methoxy groups -OCH3 is 2. The molecule has 21 heteroatoms. The maximum Gasteiger partial charge on any atom is 0.469 e.